The first kappa shape index (κ1) is 14.9. The molecule has 1 atom stereocenters. The summed E-state index contributed by atoms with van der Waals surface area (Å²) in [6, 6.07) is 14.0. The fraction of sp³-hybridized carbons (Fsp3) is 0.312. The summed E-state index contributed by atoms with van der Waals surface area (Å²) in [6.07, 6.45) is 3.55. The smallest absolute Gasteiger partial charge is 0.220 e. The van der Waals surface area contributed by atoms with Gasteiger partial charge >= 0.3 is 0 Å². The maximum atomic E-state index is 11.9. The van der Waals surface area contributed by atoms with Crippen molar-refractivity contribution in [1.82, 2.24) is 5.32 Å². The zero-order chi connectivity index (χ0) is 14.2. The van der Waals surface area contributed by atoms with Crippen LogP contribution in [-0.4, -0.2) is 17.3 Å². The third-order valence-corrected chi connectivity index (χ3v) is 3.84. The minimum atomic E-state index is 0.0572. The molecule has 1 N–H and O–H groups in total. The molecular formula is C16H18BrNO2. The quantitative estimate of drug-likeness (QED) is 0.788. The molecule has 106 valence electrons. The number of hydrogen-bond donors (Lipinski definition) is 1. The number of halogens is 1. The third kappa shape index (κ3) is 4.85. The molecule has 1 aromatic carbocycles. The van der Waals surface area contributed by atoms with Crippen molar-refractivity contribution < 1.29 is 9.21 Å². The number of rotatable bonds is 7. The molecule has 0 aliphatic rings. The molecule has 0 aliphatic heterocycles. The largest absolute Gasteiger partial charge is 0.469 e. The standard InChI is InChI=1S/C16H18BrNO2/c17-12-14(11-13-5-2-1-3-6-13)18-16(19)9-8-15-7-4-10-20-15/h1-7,10,14H,8-9,11-12H2,(H,18,19). The minimum absolute atomic E-state index is 0.0572. The lowest BCUT2D eigenvalue weighted by atomic mass is 10.1. The summed E-state index contributed by atoms with van der Waals surface area (Å²) in [5.74, 6) is 0.903. The molecule has 2 rings (SSSR count). The van der Waals surface area contributed by atoms with Gasteiger partial charge in [-0.15, -0.1) is 0 Å². The van der Waals surface area contributed by atoms with Crippen LogP contribution in [0.25, 0.3) is 0 Å². The summed E-state index contributed by atoms with van der Waals surface area (Å²) in [7, 11) is 0. The molecule has 1 heterocycles. The Labute approximate surface area is 127 Å². The van der Waals surface area contributed by atoms with Gasteiger partial charge in [-0.2, -0.15) is 0 Å². The van der Waals surface area contributed by atoms with Gasteiger partial charge in [0.05, 0.1) is 6.26 Å². The summed E-state index contributed by atoms with van der Waals surface area (Å²) in [5.41, 5.74) is 1.23. The Bertz CT molecular complexity index is 511. The van der Waals surface area contributed by atoms with Crippen LogP contribution in [0.15, 0.2) is 53.1 Å². The number of carbonyl (C=O) groups excluding carboxylic acids is 1. The summed E-state index contributed by atoms with van der Waals surface area (Å²) >= 11 is 3.46. The number of aryl methyl sites for hydroxylation is 1. The SMILES string of the molecule is O=C(CCc1ccco1)NC(CBr)Cc1ccccc1. The Balaban J connectivity index is 1.79. The van der Waals surface area contributed by atoms with E-state index in [2.05, 4.69) is 33.4 Å². The highest BCUT2D eigenvalue weighted by Gasteiger charge is 2.12. The molecule has 4 heteroatoms. The van der Waals surface area contributed by atoms with Crippen molar-refractivity contribution in [1.29, 1.82) is 0 Å². The van der Waals surface area contributed by atoms with Gasteiger partial charge in [-0.05, 0) is 24.1 Å². The van der Waals surface area contributed by atoms with Gasteiger partial charge in [0.2, 0.25) is 5.91 Å². The van der Waals surface area contributed by atoms with Gasteiger partial charge in [-0.3, -0.25) is 4.79 Å². The Kier molecular flexibility index (Phi) is 5.87. The lowest BCUT2D eigenvalue weighted by molar-refractivity contribution is -0.121. The predicted molar refractivity (Wildman–Crippen MR) is 82.9 cm³/mol. The maximum Gasteiger partial charge on any atom is 0.220 e. The van der Waals surface area contributed by atoms with Crippen LogP contribution in [0.5, 0.6) is 0 Å². The average molecular weight is 336 g/mol. The van der Waals surface area contributed by atoms with Crippen LogP contribution in [-0.2, 0) is 17.6 Å². The van der Waals surface area contributed by atoms with Crippen molar-refractivity contribution in [3.63, 3.8) is 0 Å². The van der Waals surface area contributed by atoms with E-state index in [0.29, 0.717) is 12.8 Å². The van der Waals surface area contributed by atoms with E-state index in [0.717, 1.165) is 17.5 Å². The Hall–Kier alpha value is -1.55. The number of alkyl halides is 1. The van der Waals surface area contributed by atoms with E-state index in [1.54, 1.807) is 6.26 Å². The van der Waals surface area contributed by atoms with Crippen molar-refractivity contribution in [2.75, 3.05) is 5.33 Å². The number of carbonyl (C=O) groups is 1. The van der Waals surface area contributed by atoms with Crippen molar-refractivity contribution in [3.8, 4) is 0 Å². The van der Waals surface area contributed by atoms with Crippen LogP contribution in [0.4, 0.5) is 0 Å². The van der Waals surface area contributed by atoms with E-state index in [-0.39, 0.29) is 11.9 Å². The van der Waals surface area contributed by atoms with Gasteiger partial charge in [0.15, 0.2) is 0 Å². The number of nitrogens with one attached hydrogen (secondary N) is 1. The second-order valence-electron chi connectivity index (χ2n) is 4.69. The molecule has 20 heavy (non-hydrogen) atoms. The van der Waals surface area contributed by atoms with Crippen molar-refractivity contribution in [2.24, 2.45) is 0 Å². The highest BCUT2D eigenvalue weighted by atomic mass is 79.9. The first-order valence-corrected chi connectivity index (χ1v) is 7.81. The number of furan rings is 1. The molecule has 0 saturated carbocycles. The highest BCUT2D eigenvalue weighted by Crippen LogP contribution is 2.07. The summed E-state index contributed by atoms with van der Waals surface area (Å²) in [6.45, 7) is 0. The molecule has 1 aromatic heterocycles. The molecule has 0 radical (unpaired) electrons. The summed E-state index contributed by atoms with van der Waals surface area (Å²) in [5, 5.41) is 3.79. The molecular weight excluding hydrogens is 318 g/mol. The fourth-order valence-electron chi connectivity index (χ4n) is 2.03. The molecule has 0 spiro atoms. The van der Waals surface area contributed by atoms with Crippen molar-refractivity contribution in [2.45, 2.75) is 25.3 Å². The van der Waals surface area contributed by atoms with Gasteiger partial charge in [-0.1, -0.05) is 46.3 Å². The number of benzene rings is 1. The van der Waals surface area contributed by atoms with E-state index >= 15 is 0 Å². The first-order valence-electron chi connectivity index (χ1n) is 6.69. The third-order valence-electron chi connectivity index (χ3n) is 3.05. The molecule has 2 aromatic rings. The van der Waals surface area contributed by atoms with Gasteiger partial charge in [0.1, 0.15) is 5.76 Å². The zero-order valence-electron chi connectivity index (χ0n) is 11.2. The van der Waals surface area contributed by atoms with E-state index in [1.807, 2.05) is 30.3 Å². The lowest BCUT2D eigenvalue weighted by Crippen LogP contribution is -2.37. The van der Waals surface area contributed by atoms with E-state index < -0.39 is 0 Å². The molecule has 1 unspecified atom stereocenters. The first-order chi connectivity index (χ1) is 9.78. The molecule has 1 amide bonds. The normalized spacial score (nSPS) is 12.1. The lowest BCUT2D eigenvalue weighted by Gasteiger charge is -2.16. The molecule has 0 aliphatic carbocycles. The van der Waals surface area contributed by atoms with Crippen LogP contribution in [0.3, 0.4) is 0 Å². The Morgan fingerprint density at radius 2 is 2.00 bits per heavy atom. The highest BCUT2D eigenvalue weighted by molar-refractivity contribution is 9.09. The van der Waals surface area contributed by atoms with E-state index in [1.165, 1.54) is 5.56 Å². The zero-order valence-corrected chi connectivity index (χ0v) is 12.8. The predicted octanol–water partition coefficient (Wildman–Crippen LogP) is 3.33. The second-order valence-corrected chi connectivity index (χ2v) is 5.34. The molecule has 3 nitrogen and oxygen atoms in total. The van der Waals surface area contributed by atoms with Crippen molar-refractivity contribution in [3.05, 3.63) is 60.1 Å². The van der Waals surface area contributed by atoms with Crippen LogP contribution >= 0.6 is 15.9 Å². The number of hydrogen-bond acceptors (Lipinski definition) is 2. The van der Waals surface area contributed by atoms with Crippen LogP contribution in [0.1, 0.15) is 17.7 Å². The van der Waals surface area contributed by atoms with E-state index in [4.69, 9.17) is 4.42 Å². The van der Waals surface area contributed by atoms with Crippen LogP contribution in [0.2, 0.25) is 0 Å². The van der Waals surface area contributed by atoms with Gasteiger partial charge in [-0.25, -0.2) is 0 Å². The maximum absolute atomic E-state index is 11.9. The average Bonchev–Trinajstić information content (AvgIpc) is 2.99. The van der Waals surface area contributed by atoms with Crippen molar-refractivity contribution >= 4 is 21.8 Å². The minimum Gasteiger partial charge on any atom is -0.469 e. The van der Waals surface area contributed by atoms with Crippen LogP contribution < -0.4 is 5.32 Å². The fourth-order valence-corrected chi connectivity index (χ4v) is 2.42. The molecule has 0 fully saturated rings. The van der Waals surface area contributed by atoms with Crippen LogP contribution in [0, 0.1) is 0 Å². The monoisotopic (exact) mass is 335 g/mol. The molecule has 0 bridgehead atoms. The topological polar surface area (TPSA) is 42.2 Å². The number of amides is 1. The second kappa shape index (κ2) is 7.90. The summed E-state index contributed by atoms with van der Waals surface area (Å²) < 4.78 is 5.22. The summed E-state index contributed by atoms with van der Waals surface area (Å²) in [4.78, 5) is 11.9. The van der Waals surface area contributed by atoms with Gasteiger partial charge < -0.3 is 9.73 Å². The van der Waals surface area contributed by atoms with E-state index in [9.17, 15) is 4.79 Å². The van der Waals surface area contributed by atoms with Gasteiger partial charge in [0, 0.05) is 24.2 Å². The van der Waals surface area contributed by atoms with Gasteiger partial charge in [0.25, 0.3) is 0 Å². The molecule has 0 saturated heterocycles. The Morgan fingerprint density at radius 1 is 1.20 bits per heavy atom. The Morgan fingerprint density at radius 3 is 2.65 bits per heavy atom.